The van der Waals surface area contributed by atoms with E-state index >= 15 is 0 Å². The van der Waals surface area contributed by atoms with Crippen molar-refractivity contribution in [3.63, 3.8) is 0 Å². The van der Waals surface area contributed by atoms with Crippen LogP contribution in [0.25, 0.3) is 11.3 Å². The Kier molecular flexibility index (Phi) is 3.55. The second kappa shape index (κ2) is 4.82. The van der Waals surface area contributed by atoms with E-state index in [0.29, 0.717) is 5.92 Å². The Hall–Kier alpha value is -1.19. The van der Waals surface area contributed by atoms with Crippen molar-refractivity contribution in [1.29, 1.82) is 0 Å². The molecule has 0 aliphatic rings. The lowest BCUT2D eigenvalue weighted by Crippen LogP contribution is -2.28. The lowest BCUT2D eigenvalue weighted by Gasteiger charge is -2.13. The second-order valence-corrected chi connectivity index (χ2v) is 6.39. The highest BCUT2D eigenvalue weighted by molar-refractivity contribution is 7.10. The molecule has 0 amide bonds. The maximum atomic E-state index is 6.06. The van der Waals surface area contributed by atoms with Gasteiger partial charge in [0.1, 0.15) is 5.01 Å². The van der Waals surface area contributed by atoms with E-state index in [4.69, 9.17) is 5.73 Å². The quantitative estimate of drug-likeness (QED) is 0.901. The van der Waals surface area contributed by atoms with E-state index in [9.17, 15) is 0 Å². The molecule has 1 aromatic carbocycles. The summed E-state index contributed by atoms with van der Waals surface area (Å²) >= 11 is 1.63. The summed E-state index contributed by atoms with van der Waals surface area (Å²) < 4.78 is 0. The first-order chi connectivity index (χ1) is 8.38. The van der Waals surface area contributed by atoms with Crippen molar-refractivity contribution in [2.24, 2.45) is 5.73 Å². The van der Waals surface area contributed by atoms with Crippen LogP contribution in [-0.2, 0) is 5.54 Å². The van der Waals surface area contributed by atoms with Crippen LogP contribution in [0.1, 0.15) is 44.2 Å². The van der Waals surface area contributed by atoms with Crippen molar-refractivity contribution < 1.29 is 0 Å². The fourth-order valence-corrected chi connectivity index (χ4v) is 2.61. The summed E-state index contributed by atoms with van der Waals surface area (Å²) in [5, 5.41) is 3.05. The molecule has 2 aromatic rings. The van der Waals surface area contributed by atoms with Crippen molar-refractivity contribution in [3.8, 4) is 11.3 Å². The predicted octanol–water partition coefficient (Wildman–Crippen LogP) is 4.13. The molecule has 18 heavy (non-hydrogen) atoms. The number of nitrogens with zero attached hydrogens (tertiary/aromatic N) is 1. The van der Waals surface area contributed by atoms with Crippen LogP contribution < -0.4 is 5.73 Å². The minimum absolute atomic E-state index is 0.360. The first-order valence-electron chi connectivity index (χ1n) is 6.23. The lowest BCUT2D eigenvalue weighted by molar-refractivity contribution is 0.551. The highest BCUT2D eigenvalue weighted by atomic mass is 32.1. The van der Waals surface area contributed by atoms with Gasteiger partial charge in [-0.2, -0.15) is 0 Å². The van der Waals surface area contributed by atoms with Gasteiger partial charge in [-0.25, -0.2) is 4.98 Å². The van der Waals surface area contributed by atoms with Crippen LogP contribution in [0.3, 0.4) is 0 Å². The zero-order valence-corrected chi connectivity index (χ0v) is 12.2. The second-order valence-electron chi connectivity index (χ2n) is 5.54. The molecule has 0 saturated carbocycles. The zero-order valence-electron chi connectivity index (χ0n) is 11.4. The standard InChI is InChI=1S/C15H20N2S/c1-10(2)11-5-7-12(8-6-11)13-9-18-14(17-13)15(3,4)16/h5-10H,16H2,1-4H3. The molecule has 0 spiro atoms. The smallest absolute Gasteiger partial charge is 0.113 e. The van der Waals surface area contributed by atoms with E-state index in [1.54, 1.807) is 11.3 Å². The number of hydrogen-bond donors (Lipinski definition) is 1. The fourth-order valence-electron chi connectivity index (χ4n) is 1.74. The summed E-state index contributed by atoms with van der Waals surface area (Å²) in [7, 11) is 0. The summed E-state index contributed by atoms with van der Waals surface area (Å²) in [6.07, 6.45) is 0. The van der Waals surface area contributed by atoms with E-state index in [1.807, 2.05) is 13.8 Å². The maximum Gasteiger partial charge on any atom is 0.113 e. The Morgan fingerprint density at radius 2 is 1.78 bits per heavy atom. The van der Waals surface area contributed by atoms with E-state index in [1.165, 1.54) is 5.56 Å². The Labute approximate surface area is 113 Å². The van der Waals surface area contributed by atoms with Gasteiger partial charge in [0, 0.05) is 10.9 Å². The summed E-state index contributed by atoms with van der Waals surface area (Å²) in [5.74, 6) is 0.563. The molecule has 0 radical (unpaired) electrons. The average molecular weight is 260 g/mol. The molecule has 3 heteroatoms. The number of hydrogen-bond acceptors (Lipinski definition) is 3. The fraction of sp³-hybridized carbons (Fsp3) is 0.400. The normalized spacial score (nSPS) is 12.1. The van der Waals surface area contributed by atoms with E-state index in [2.05, 4.69) is 48.5 Å². The van der Waals surface area contributed by atoms with Crippen molar-refractivity contribution >= 4 is 11.3 Å². The van der Waals surface area contributed by atoms with Gasteiger partial charge in [-0.15, -0.1) is 11.3 Å². The van der Waals surface area contributed by atoms with Crippen molar-refractivity contribution in [3.05, 3.63) is 40.2 Å². The van der Waals surface area contributed by atoms with Gasteiger partial charge in [0.15, 0.2) is 0 Å². The van der Waals surface area contributed by atoms with Crippen LogP contribution in [0.4, 0.5) is 0 Å². The van der Waals surface area contributed by atoms with Crippen molar-refractivity contribution in [2.45, 2.75) is 39.2 Å². The molecule has 1 heterocycles. The summed E-state index contributed by atoms with van der Waals surface area (Å²) in [6.45, 7) is 8.37. The number of benzene rings is 1. The van der Waals surface area contributed by atoms with Crippen LogP contribution in [-0.4, -0.2) is 4.98 Å². The third-order valence-electron chi connectivity index (χ3n) is 2.93. The minimum Gasteiger partial charge on any atom is -0.320 e. The predicted molar refractivity (Wildman–Crippen MR) is 78.9 cm³/mol. The molecular weight excluding hydrogens is 240 g/mol. The molecule has 1 aromatic heterocycles. The van der Waals surface area contributed by atoms with Gasteiger partial charge in [0.25, 0.3) is 0 Å². The molecular formula is C15H20N2S. The van der Waals surface area contributed by atoms with Gasteiger partial charge in [0.2, 0.25) is 0 Å². The van der Waals surface area contributed by atoms with Crippen molar-refractivity contribution in [2.75, 3.05) is 0 Å². The van der Waals surface area contributed by atoms with Gasteiger partial charge in [-0.3, -0.25) is 0 Å². The molecule has 0 aliphatic carbocycles. The monoisotopic (exact) mass is 260 g/mol. The molecule has 0 fully saturated rings. The molecule has 2 N–H and O–H groups in total. The number of aromatic nitrogens is 1. The SMILES string of the molecule is CC(C)c1ccc(-c2csc(C(C)(C)N)n2)cc1. The zero-order chi connectivity index (χ0) is 13.3. The summed E-state index contributed by atoms with van der Waals surface area (Å²) in [4.78, 5) is 4.62. The Bertz CT molecular complexity index is 518. The van der Waals surface area contributed by atoms with Gasteiger partial charge in [-0.05, 0) is 25.3 Å². The summed E-state index contributed by atoms with van der Waals surface area (Å²) in [5.41, 5.74) is 9.23. The molecule has 96 valence electrons. The highest BCUT2D eigenvalue weighted by Crippen LogP contribution is 2.28. The lowest BCUT2D eigenvalue weighted by atomic mass is 10.0. The molecule has 0 atom stereocenters. The Morgan fingerprint density at radius 1 is 1.17 bits per heavy atom. The number of rotatable bonds is 3. The van der Waals surface area contributed by atoms with E-state index < -0.39 is 0 Å². The third-order valence-corrected chi connectivity index (χ3v) is 4.11. The molecule has 2 rings (SSSR count). The van der Waals surface area contributed by atoms with Gasteiger partial charge < -0.3 is 5.73 Å². The van der Waals surface area contributed by atoms with Crippen LogP contribution in [0.2, 0.25) is 0 Å². The van der Waals surface area contributed by atoms with Crippen LogP contribution in [0, 0.1) is 0 Å². The average Bonchev–Trinajstić information content (AvgIpc) is 2.78. The topological polar surface area (TPSA) is 38.9 Å². The largest absolute Gasteiger partial charge is 0.320 e. The Balaban J connectivity index is 2.29. The van der Waals surface area contributed by atoms with Gasteiger partial charge in [-0.1, -0.05) is 38.1 Å². The maximum absolute atomic E-state index is 6.06. The first kappa shape index (κ1) is 13.2. The Morgan fingerprint density at radius 3 is 2.22 bits per heavy atom. The van der Waals surface area contributed by atoms with Gasteiger partial charge in [0.05, 0.1) is 11.2 Å². The molecule has 0 bridgehead atoms. The van der Waals surface area contributed by atoms with E-state index in [0.717, 1.165) is 16.3 Å². The van der Waals surface area contributed by atoms with E-state index in [-0.39, 0.29) is 5.54 Å². The third kappa shape index (κ3) is 2.79. The van der Waals surface area contributed by atoms with Crippen LogP contribution >= 0.6 is 11.3 Å². The number of thiazole rings is 1. The minimum atomic E-state index is -0.360. The molecule has 0 unspecified atom stereocenters. The van der Waals surface area contributed by atoms with Crippen LogP contribution in [0.5, 0.6) is 0 Å². The molecule has 0 aliphatic heterocycles. The van der Waals surface area contributed by atoms with Crippen molar-refractivity contribution in [1.82, 2.24) is 4.98 Å². The highest BCUT2D eigenvalue weighted by Gasteiger charge is 2.18. The molecule has 2 nitrogen and oxygen atoms in total. The first-order valence-corrected chi connectivity index (χ1v) is 7.11. The number of nitrogens with two attached hydrogens (primary N) is 1. The summed E-state index contributed by atoms with van der Waals surface area (Å²) in [6, 6.07) is 8.62. The molecule has 0 saturated heterocycles. The van der Waals surface area contributed by atoms with Crippen LogP contribution in [0.15, 0.2) is 29.6 Å². The van der Waals surface area contributed by atoms with Gasteiger partial charge >= 0.3 is 0 Å².